The fraction of sp³-hybridized carbons (Fsp3) is 1.00. The van der Waals surface area contributed by atoms with Crippen molar-refractivity contribution in [3.05, 3.63) is 0 Å². The molecule has 0 atom stereocenters. The molecule has 0 bridgehead atoms. The smallest absolute Gasteiger partial charge is 0.0443 e. The van der Waals surface area contributed by atoms with Crippen LogP contribution in [0, 0.1) is 0 Å². The summed E-state index contributed by atoms with van der Waals surface area (Å²) in [4.78, 5) is 2.47. The van der Waals surface area contributed by atoms with Crippen molar-refractivity contribution in [1.82, 2.24) is 10.2 Å². The molecule has 1 fully saturated rings. The minimum absolute atomic E-state index is 0.297. The summed E-state index contributed by atoms with van der Waals surface area (Å²) in [5.41, 5.74) is 0. The minimum Gasteiger partial charge on any atom is -0.396 e. The van der Waals surface area contributed by atoms with Crippen LogP contribution < -0.4 is 5.32 Å². The molecule has 0 aliphatic heterocycles. The predicted molar refractivity (Wildman–Crippen MR) is 59.5 cm³/mol. The third-order valence-electron chi connectivity index (χ3n) is 3.10. The van der Waals surface area contributed by atoms with Crippen LogP contribution in [0.15, 0.2) is 0 Å². The van der Waals surface area contributed by atoms with Gasteiger partial charge in [-0.3, -0.25) is 0 Å². The van der Waals surface area contributed by atoms with Gasteiger partial charge in [0.2, 0.25) is 0 Å². The lowest BCUT2D eigenvalue weighted by atomic mass is 10.2. The van der Waals surface area contributed by atoms with Gasteiger partial charge < -0.3 is 15.3 Å². The van der Waals surface area contributed by atoms with Crippen molar-refractivity contribution < 1.29 is 5.11 Å². The van der Waals surface area contributed by atoms with Crippen molar-refractivity contribution in [3.8, 4) is 0 Å². The number of aliphatic hydroxyl groups excluding tert-OH is 1. The van der Waals surface area contributed by atoms with Gasteiger partial charge in [-0.2, -0.15) is 0 Å². The fourth-order valence-corrected chi connectivity index (χ4v) is 2.11. The second-order valence-corrected chi connectivity index (χ2v) is 4.25. The van der Waals surface area contributed by atoms with E-state index < -0.39 is 0 Å². The molecule has 2 N–H and O–H groups in total. The van der Waals surface area contributed by atoms with E-state index in [4.69, 9.17) is 5.11 Å². The lowest BCUT2D eigenvalue weighted by molar-refractivity contribution is 0.242. The van der Waals surface area contributed by atoms with Crippen LogP contribution in [0.1, 0.15) is 32.1 Å². The van der Waals surface area contributed by atoms with Gasteiger partial charge in [0.15, 0.2) is 0 Å². The normalized spacial score (nSPS) is 18.2. The molecule has 1 aliphatic rings. The highest BCUT2D eigenvalue weighted by molar-refractivity contribution is 4.75. The largest absolute Gasteiger partial charge is 0.396 e. The van der Waals surface area contributed by atoms with Crippen LogP contribution in [0.2, 0.25) is 0 Å². The van der Waals surface area contributed by atoms with Gasteiger partial charge in [-0.25, -0.2) is 0 Å². The zero-order chi connectivity index (χ0) is 10.2. The Morgan fingerprint density at radius 2 is 2.00 bits per heavy atom. The first kappa shape index (κ1) is 12.0. The Hall–Kier alpha value is -0.120. The van der Waals surface area contributed by atoms with Crippen LogP contribution in [0.3, 0.4) is 0 Å². The first-order chi connectivity index (χ1) is 6.84. The Morgan fingerprint density at radius 3 is 2.64 bits per heavy atom. The van der Waals surface area contributed by atoms with Gasteiger partial charge >= 0.3 is 0 Å². The molecular weight excluding hydrogens is 176 g/mol. The Kier molecular flexibility index (Phi) is 6.15. The molecule has 0 saturated heterocycles. The highest BCUT2D eigenvalue weighted by atomic mass is 16.3. The highest BCUT2D eigenvalue weighted by Gasteiger charge is 2.18. The van der Waals surface area contributed by atoms with Crippen molar-refractivity contribution in [3.63, 3.8) is 0 Å². The number of hydrogen-bond donors (Lipinski definition) is 2. The average molecular weight is 200 g/mol. The van der Waals surface area contributed by atoms with Crippen molar-refractivity contribution in [2.24, 2.45) is 0 Å². The SMILES string of the molecule is CN(CCNCCCO)C1CCCC1. The Morgan fingerprint density at radius 1 is 1.29 bits per heavy atom. The van der Waals surface area contributed by atoms with E-state index in [-0.39, 0.29) is 0 Å². The first-order valence-electron chi connectivity index (χ1n) is 5.86. The molecule has 0 heterocycles. The summed E-state index contributed by atoms with van der Waals surface area (Å²) in [6, 6.07) is 0.828. The molecule has 0 radical (unpaired) electrons. The van der Waals surface area contributed by atoms with Gasteiger partial charge in [0.1, 0.15) is 0 Å². The van der Waals surface area contributed by atoms with E-state index in [1.165, 1.54) is 25.7 Å². The molecular formula is C11H24N2O. The Balaban J connectivity index is 1.94. The van der Waals surface area contributed by atoms with Gasteiger partial charge in [0.05, 0.1) is 0 Å². The maximum atomic E-state index is 8.60. The molecule has 84 valence electrons. The molecule has 3 nitrogen and oxygen atoms in total. The van der Waals surface area contributed by atoms with E-state index >= 15 is 0 Å². The van der Waals surface area contributed by atoms with Gasteiger partial charge in [-0.05, 0) is 32.9 Å². The molecule has 0 unspecified atom stereocenters. The lowest BCUT2D eigenvalue weighted by Gasteiger charge is -2.23. The molecule has 1 rings (SSSR count). The molecule has 1 saturated carbocycles. The summed E-state index contributed by atoms with van der Waals surface area (Å²) < 4.78 is 0. The summed E-state index contributed by atoms with van der Waals surface area (Å²) in [6.45, 7) is 3.42. The minimum atomic E-state index is 0.297. The van der Waals surface area contributed by atoms with E-state index in [2.05, 4.69) is 17.3 Å². The van der Waals surface area contributed by atoms with Gasteiger partial charge in [-0.15, -0.1) is 0 Å². The van der Waals surface area contributed by atoms with E-state index in [1.807, 2.05) is 0 Å². The average Bonchev–Trinajstić information content (AvgIpc) is 2.70. The zero-order valence-electron chi connectivity index (χ0n) is 9.34. The van der Waals surface area contributed by atoms with E-state index in [0.29, 0.717) is 6.61 Å². The van der Waals surface area contributed by atoms with Crippen LogP contribution in [0.5, 0.6) is 0 Å². The van der Waals surface area contributed by atoms with Crippen molar-refractivity contribution >= 4 is 0 Å². The summed E-state index contributed by atoms with van der Waals surface area (Å²) in [6.07, 6.45) is 6.45. The Bertz CT molecular complexity index is 135. The molecule has 0 aromatic rings. The van der Waals surface area contributed by atoms with Gasteiger partial charge in [0, 0.05) is 25.7 Å². The van der Waals surface area contributed by atoms with E-state index in [0.717, 1.165) is 32.1 Å². The second kappa shape index (κ2) is 7.21. The van der Waals surface area contributed by atoms with Crippen LogP contribution in [-0.4, -0.2) is 49.3 Å². The predicted octanol–water partition coefficient (Wildman–Crippen LogP) is 0.833. The monoisotopic (exact) mass is 200 g/mol. The van der Waals surface area contributed by atoms with E-state index in [9.17, 15) is 0 Å². The van der Waals surface area contributed by atoms with Crippen LogP contribution >= 0.6 is 0 Å². The molecule has 3 heteroatoms. The third kappa shape index (κ3) is 4.40. The molecule has 14 heavy (non-hydrogen) atoms. The highest BCUT2D eigenvalue weighted by Crippen LogP contribution is 2.21. The van der Waals surface area contributed by atoms with Crippen molar-refractivity contribution in [2.75, 3.05) is 33.3 Å². The zero-order valence-corrected chi connectivity index (χ0v) is 9.34. The maximum Gasteiger partial charge on any atom is 0.0443 e. The molecule has 0 aromatic carbocycles. The number of hydrogen-bond acceptors (Lipinski definition) is 3. The molecule has 0 spiro atoms. The number of likely N-dealkylation sites (N-methyl/N-ethyl adjacent to an activating group) is 1. The van der Waals surface area contributed by atoms with Crippen LogP contribution in [0.25, 0.3) is 0 Å². The number of nitrogens with zero attached hydrogens (tertiary/aromatic N) is 1. The Labute approximate surface area is 87.5 Å². The molecule has 0 amide bonds. The summed E-state index contributed by atoms with van der Waals surface area (Å²) in [5, 5.41) is 11.9. The second-order valence-electron chi connectivity index (χ2n) is 4.25. The molecule has 0 aromatic heterocycles. The number of rotatable bonds is 7. The van der Waals surface area contributed by atoms with Crippen molar-refractivity contribution in [2.45, 2.75) is 38.1 Å². The maximum absolute atomic E-state index is 8.60. The van der Waals surface area contributed by atoms with E-state index in [1.54, 1.807) is 0 Å². The first-order valence-corrected chi connectivity index (χ1v) is 5.86. The standard InChI is InChI=1S/C11H24N2O/c1-13(11-5-2-3-6-11)9-8-12-7-4-10-14/h11-12,14H,2-10H2,1H3. The topological polar surface area (TPSA) is 35.5 Å². The third-order valence-corrected chi connectivity index (χ3v) is 3.10. The van der Waals surface area contributed by atoms with Gasteiger partial charge in [0.25, 0.3) is 0 Å². The van der Waals surface area contributed by atoms with Gasteiger partial charge in [-0.1, -0.05) is 12.8 Å². The summed E-state index contributed by atoms with van der Waals surface area (Å²) >= 11 is 0. The number of nitrogens with one attached hydrogen (secondary N) is 1. The number of aliphatic hydroxyl groups is 1. The van der Waals surface area contributed by atoms with Crippen LogP contribution in [0.4, 0.5) is 0 Å². The quantitative estimate of drug-likeness (QED) is 0.598. The fourth-order valence-electron chi connectivity index (χ4n) is 2.11. The molecule has 1 aliphatic carbocycles. The summed E-state index contributed by atoms with van der Waals surface area (Å²) in [7, 11) is 2.23. The summed E-state index contributed by atoms with van der Waals surface area (Å²) in [5.74, 6) is 0. The lowest BCUT2D eigenvalue weighted by Crippen LogP contribution is -2.35. The van der Waals surface area contributed by atoms with Crippen LogP contribution in [-0.2, 0) is 0 Å². The van der Waals surface area contributed by atoms with Crippen molar-refractivity contribution in [1.29, 1.82) is 0 Å².